The van der Waals surface area contributed by atoms with Crippen LogP contribution in [0.5, 0.6) is 0 Å². The molecule has 0 aliphatic rings. The van der Waals surface area contributed by atoms with Gasteiger partial charge in [-0.25, -0.2) is 15.0 Å². The third-order valence-corrected chi connectivity index (χ3v) is 12.3. The molecule has 8 aromatic carbocycles. The van der Waals surface area contributed by atoms with Gasteiger partial charge >= 0.3 is 0 Å². The van der Waals surface area contributed by atoms with Crippen LogP contribution in [-0.4, -0.2) is 19.5 Å². The highest BCUT2D eigenvalue weighted by Gasteiger charge is 2.21. The fourth-order valence-electron chi connectivity index (χ4n) is 8.54. The molecule has 0 saturated heterocycles. The molecule has 5 nitrogen and oxygen atoms in total. The SMILES string of the molecule is c1ccc(-c2nc(-c3ccccc3)nc(-c3ccc4c(c3)oc3cccc(-c5cccc6c5sc5cccc(-n7c8ccccc8c8ccccc87)c56)c34)n2)cc1. The lowest BCUT2D eigenvalue weighted by atomic mass is 9.97. The molecule has 0 fully saturated rings. The molecule has 0 bridgehead atoms. The molecule has 0 aliphatic carbocycles. The summed E-state index contributed by atoms with van der Waals surface area (Å²) in [5.41, 5.74) is 10.3. The number of furan rings is 1. The lowest BCUT2D eigenvalue weighted by Crippen LogP contribution is -2.00. The number of nitrogens with zero attached hydrogens (tertiary/aromatic N) is 4. The van der Waals surface area contributed by atoms with Gasteiger partial charge in [-0.1, -0.05) is 140 Å². The van der Waals surface area contributed by atoms with E-state index in [1.54, 1.807) is 0 Å². The molecule has 6 heteroatoms. The molecule has 0 aliphatic heterocycles. The Balaban J connectivity index is 1.03. The highest BCUT2D eigenvalue weighted by Crippen LogP contribution is 2.46. The number of para-hydroxylation sites is 2. The molecule has 0 unspecified atom stereocenters. The smallest absolute Gasteiger partial charge is 0.164 e. The van der Waals surface area contributed by atoms with E-state index in [1.165, 1.54) is 53.2 Å². The molecule has 0 amide bonds. The molecule has 4 aromatic heterocycles. The van der Waals surface area contributed by atoms with Gasteiger partial charge in [-0.05, 0) is 48.0 Å². The monoisotopic (exact) mass is 746 g/mol. The summed E-state index contributed by atoms with van der Waals surface area (Å²) in [6.45, 7) is 0. The van der Waals surface area contributed by atoms with Crippen LogP contribution in [0.3, 0.4) is 0 Å². The molecule has 0 saturated carbocycles. The Kier molecular flexibility index (Phi) is 7.03. The van der Waals surface area contributed by atoms with Crippen LogP contribution < -0.4 is 0 Å². The molecule has 0 N–H and O–H groups in total. The van der Waals surface area contributed by atoms with Crippen molar-refractivity contribution < 1.29 is 4.42 Å². The van der Waals surface area contributed by atoms with Gasteiger partial charge in [-0.2, -0.15) is 0 Å². The highest BCUT2D eigenvalue weighted by atomic mass is 32.1. The Morgan fingerprint density at radius 3 is 1.68 bits per heavy atom. The van der Waals surface area contributed by atoms with Gasteiger partial charge in [0.1, 0.15) is 11.2 Å². The summed E-state index contributed by atoms with van der Waals surface area (Å²) in [5, 5.41) is 7.18. The van der Waals surface area contributed by atoms with Gasteiger partial charge < -0.3 is 8.98 Å². The van der Waals surface area contributed by atoms with E-state index in [-0.39, 0.29) is 0 Å². The molecular weight excluding hydrogens is 717 g/mol. The maximum Gasteiger partial charge on any atom is 0.164 e. The molecule has 12 rings (SSSR count). The molecule has 57 heavy (non-hydrogen) atoms. The summed E-state index contributed by atoms with van der Waals surface area (Å²) in [4.78, 5) is 14.8. The van der Waals surface area contributed by atoms with E-state index in [2.05, 4.69) is 126 Å². The van der Waals surface area contributed by atoms with E-state index < -0.39 is 0 Å². The molecule has 0 spiro atoms. The molecule has 4 heterocycles. The standard InChI is InChI=1S/C51H30N4OS/c1-3-14-31(15-4-1)49-52-50(32-16-5-2-6-17-32)54-51(53-49)33-28-29-38-44(30-33)56-43-26-12-20-36(46(38)43)37-21-11-22-39-47-42(25-13-27-45(47)57-48(37)39)55-40-23-9-7-18-34(40)35-19-8-10-24-41(35)55/h1-30H. The Hall–Kier alpha value is -7.41. The van der Waals surface area contributed by atoms with Gasteiger partial charge in [0.2, 0.25) is 0 Å². The third kappa shape index (κ3) is 4.98. The maximum absolute atomic E-state index is 6.66. The normalized spacial score (nSPS) is 11.9. The quantitative estimate of drug-likeness (QED) is 0.176. The first-order valence-electron chi connectivity index (χ1n) is 19.0. The van der Waals surface area contributed by atoms with E-state index in [1.807, 2.05) is 72.0 Å². The summed E-state index contributed by atoms with van der Waals surface area (Å²) in [5.74, 6) is 1.85. The number of thiophene rings is 1. The number of hydrogen-bond donors (Lipinski definition) is 0. The number of rotatable bonds is 5. The van der Waals surface area contributed by atoms with Gasteiger partial charge in [0.25, 0.3) is 0 Å². The van der Waals surface area contributed by atoms with Crippen molar-refractivity contribution in [1.82, 2.24) is 19.5 Å². The summed E-state index contributed by atoms with van der Waals surface area (Å²) >= 11 is 1.85. The minimum Gasteiger partial charge on any atom is -0.456 e. The van der Waals surface area contributed by atoms with Crippen LogP contribution in [0.1, 0.15) is 0 Å². The molecule has 12 aromatic rings. The molecule has 266 valence electrons. The first-order chi connectivity index (χ1) is 28.3. The second kappa shape index (κ2) is 12.6. The topological polar surface area (TPSA) is 56.7 Å². The summed E-state index contributed by atoms with van der Waals surface area (Å²) in [7, 11) is 0. The minimum absolute atomic E-state index is 0.597. The van der Waals surface area contributed by atoms with Gasteiger partial charge in [-0.15, -0.1) is 11.3 Å². The van der Waals surface area contributed by atoms with Gasteiger partial charge in [-0.3, -0.25) is 0 Å². The highest BCUT2D eigenvalue weighted by molar-refractivity contribution is 7.26. The zero-order chi connectivity index (χ0) is 37.5. The fraction of sp³-hybridized carbons (Fsp3) is 0. The Morgan fingerprint density at radius 1 is 0.404 bits per heavy atom. The predicted molar refractivity (Wildman–Crippen MR) is 236 cm³/mol. The van der Waals surface area contributed by atoms with Gasteiger partial charge in [0.05, 0.1) is 16.7 Å². The molecular formula is C51H30N4OS. The van der Waals surface area contributed by atoms with E-state index in [4.69, 9.17) is 19.4 Å². The van der Waals surface area contributed by atoms with Crippen molar-refractivity contribution >= 4 is 75.3 Å². The van der Waals surface area contributed by atoms with Crippen LogP contribution in [0.4, 0.5) is 0 Å². The first kappa shape index (κ1) is 31.9. The summed E-state index contributed by atoms with van der Waals surface area (Å²) in [6, 6.07) is 63.7. The van der Waals surface area contributed by atoms with Crippen LogP contribution in [0, 0.1) is 0 Å². The largest absolute Gasteiger partial charge is 0.456 e. The summed E-state index contributed by atoms with van der Waals surface area (Å²) < 4.78 is 11.6. The van der Waals surface area contributed by atoms with Crippen LogP contribution in [0.25, 0.3) is 115 Å². The Bertz CT molecular complexity index is 3420. The fourth-order valence-corrected chi connectivity index (χ4v) is 9.79. The van der Waals surface area contributed by atoms with Crippen molar-refractivity contribution in [2.45, 2.75) is 0 Å². The second-order valence-corrected chi connectivity index (χ2v) is 15.4. The zero-order valence-electron chi connectivity index (χ0n) is 30.4. The number of aromatic nitrogens is 4. The average Bonchev–Trinajstić information content (AvgIpc) is 3.96. The Labute approximate surface area is 330 Å². The lowest BCUT2D eigenvalue weighted by Gasteiger charge is -2.10. The van der Waals surface area contributed by atoms with Crippen LogP contribution in [0.2, 0.25) is 0 Å². The second-order valence-electron chi connectivity index (χ2n) is 14.3. The number of hydrogen-bond acceptors (Lipinski definition) is 5. The van der Waals surface area contributed by atoms with E-state index >= 15 is 0 Å². The Morgan fingerprint density at radius 2 is 0.982 bits per heavy atom. The van der Waals surface area contributed by atoms with E-state index in [9.17, 15) is 0 Å². The van der Waals surface area contributed by atoms with Crippen molar-refractivity contribution in [2.24, 2.45) is 0 Å². The van der Waals surface area contributed by atoms with Crippen LogP contribution >= 0.6 is 11.3 Å². The van der Waals surface area contributed by atoms with Crippen LogP contribution in [0.15, 0.2) is 186 Å². The predicted octanol–water partition coefficient (Wildman–Crippen LogP) is 13.9. The van der Waals surface area contributed by atoms with Crippen molar-refractivity contribution in [2.75, 3.05) is 0 Å². The third-order valence-electron chi connectivity index (χ3n) is 11.1. The molecule has 0 atom stereocenters. The van der Waals surface area contributed by atoms with Gasteiger partial charge in [0, 0.05) is 64.0 Å². The lowest BCUT2D eigenvalue weighted by molar-refractivity contribution is 0.669. The maximum atomic E-state index is 6.66. The van der Waals surface area contributed by atoms with E-state index in [0.717, 1.165) is 44.2 Å². The minimum atomic E-state index is 0.597. The van der Waals surface area contributed by atoms with Crippen LogP contribution in [-0.2, 0) is 0 Å². The van der Waals surface area contributed by atoms with Crippen molar-refractivity contribution in [3.8, 4) is 51.0 Å². The van der Waals surface area contributed by atoms with E-state index in [0.29, 0.717) is 17.5 Å². The number of benzene rings is 8. The summed E-state index contributed by atoms with van der Waals surface area (Å²) in [6.07, 6.45) is 0. The first-order valence-corrected chi connectivity index (χ1v) is 19.8. The number of fused-ring (bicyclic) bond motifs is 9. The van der Waals surface area contributed by atoms with Crippen molar-refractivity contribution in [3.63, 3.8) is 0 Å². The van der Waals surface area contributed by atoms with Crippen molar-refractivity contribution in [1.29, 1.82) is 0 Å². The van der Waals surface area contributed by atoms with Crippen molar-refractivity contribution in [3.05, 3.63) is 182 Å². The van der Waals surface area contributed by atoms with Gasteiger partial charge in [0.15, 0.2) is 17.5 Å². The molecule has 0 radical (unpaired) electrons. The zero-order valence-corrected chi connectivity index (χ0v) is 31.2. The average molecular weight is 747 g/mol.